The molecule has 1 unspecified atom stereocenters. The van der Waals surface area contributed by atoms with E-state index in [9.17, 15) is 4.79 Å². The molecule has 2 aromatic carbocycles. The van der Waals surface area contributed by atoms with E-state index in [1.807, 2.05) is 31.3 Å². The molecule has 3 nitrogen and oxygen atoms in total. The van der Waals surface area contributed by atoms with Gasteiger partial charge in [-0.05, 0) is 29.2 Å². The Balaban J connectivity index is 2.14. The predicted molar refractivity (Wildman–Crippen MR) is 80.1 cm³/mol. The van der Waals surface area contributed by atoms with Crippen LogP contribution < -0.4 is 5.73 Å². The van der Waals surface area contributed by atoms with Crippen molar-refractivity contribution in [2.75, 3.05) is 7.05 Å². The number of nitrogens with zero attached hydrogens (tertiary/aromatic N) is 1. The van der Waals surface area contributed by atoms with Gasteiger partial charge in [0.1, 0.15) is 0 Å². The molecule has 0 fully saturated rings. The average Bonchev–Trinajstić information content (AvgIpc) is 2.80. The third-order valence-corrected chi connectivity index (χ3v) is 3.93. The van der Waals surface area contributed by atoms with Crippen molar-refractivity contribution in [2.45, 2.75) is 19.0 Å². The van der Waals surface area contributed by atoms with Crippen LogP contribution in [0.5, 0.6) is 0 Å². The predicted octanol–water partition coefficient (Wildman–Crippen LogP) is 2.56. The molecule has 0 spiro atoms. The Hall–Kier alpha value is -2.13. The first-order chi connectivity index (χ1) is 9.61. The lowest BCUT2D eigenvalue weighted by Crippen LogP contribution is -2.41. The van der Waals surface area contributed by atoms with Crippen molar-refractivity contribution in [3.05, 3.63) is 59.7 Å². The van der Waals surface area contributed by atoms with Gasteiger partial charge in [0.05, 0.1) is 12.1 Å². The highest BCUT2D eigenvalue weighted by atomic mass is 16.2. The molecule has 2 N–H and O–H groups in total. The van der Waals surface area contributed by atoms with Crippen LogP contribution in [0.15, 0.2) is 48.5 Å². The maximum Gasteiger partial charge on any atom is 0.239 e. The second-order valence-corrected chi connectivity index (χ2v) is 5.31. The Morgan fingerprint density at radius 1 is 1.05 bits per heavy atom. The van der Waals surface area contributed by atoms with Crippen molar-refractivity contribution in [3.8, 4) is 11.1 Å². The molecule has 1 amide bonds. The summed E-state index contributed by atoms with van der Waals surface area (Å²) in [6.45, 7) is 1.73. The summed E-state index contributed by atoms with van der Waals surface area (Å²) in [5.41, 5.74) is 10.5. The molecular weight excluding hydrogens is 248 g/mol. The first-order valence-electron chi connectivity index (χ1n) is 6.81. The number of benzene rings is 2. The van der Waals surface area contributed by atoms with E-state index in [0.717, 1.165) is 0 Å². The van der Waals surface area contributed by atoms with E-state index < -0.39 is 6.04 Å². The molecule has 0 heterocycles. The number of hydrogen-bond acceptors (Lipinski definition) is 2. The van der Waals surface area contributed by atoms with Gasteiger partial charge in [0.25, 0.3) is 0 Å². The molecule has 102 valence electrons. The van der Waals surface area contributed by atoms with Crippen LogP contribution in [0.3, 0.4) is 0 Å². The molecule has 0 aromatic heterocycles. The average molecular weight is 266 g/mol. The standard InChI is InChI=1S/C17H18N2O/c1-11(18)17(20)19(2)16-14-9-5-3-7-12(14)13-8-4-6-10-15(13)16/h3-11,16H,18H2,1-2H3. The molecule has 3 heteroatoms. The topological polar surface area (TPSA) is 46.3 Å². The molecular formula is C17H18N2O. The lowest BCUT2D eigenvalue weighted by Gasteiger charge is -2.28. The molecule has 2 aromatic rings. The minimum Gasteiger partial charge on any atom is -0.333 e. The minimum absolute atomic E-state index is 0.0403. The van der Waals surface area contributed by atoms with Crippen LogP contribution in [0.25, 0.3) is 11.1 Å². The third-order valence-electron chi connectivity index (χ3n) is 3.93. The largest absolute Gasteiger partial charge is 0.333 e. The molecule has 0 bridgehead atoms. The van der Waals surface area contributed by atoms with Gasteiger partial charge in [-0.25, -0.2) is 0 Å². The lowest BCUT2D eigenvalue weighted by atomic mass is 10.0. The van der Waals surface area contributed by atoms with Crippen molar-refractivity contribution < 1.29 is 4.79 Å². The Morgan fingerprint density at radius 2 is 1.50 bits per heavy atom. The van der Waals surface area contributed by atoms with E-state index in [2.05, 4.69) is 24.3 Å². The van der Waals surface area contributed by atoms with E-state index >= 15 is 0 Å². The van der Waals surface area contributed by atoms with E-state index in [1.165, 1.54) is 22.3 Å². The van der Waals surface area contributed by atoms with Crippen LogP contribution in [-0.2, 0) is 4.79 Å². The Morgan fingerprint density at radius 3 is 1.95 bits per heavy atom. The summed E-state index contributed by atoms with van der Waals surface area (Å²) >= 11 is 0. The van der Waals surface area contributed by atoms with Crippen molar-refractivity contribution in [1.82, 2.24) is 4.90 Å². The number of rotatable bonds is 2. The van der Waals surface area contributed by atoms with Gasteiger partial charge in [-0.15, -0.1) is 0 Å². The van der Waals surface area contributed by atoms with E-state index in [-0.39, 0.29) is 11.9 Å². The van der Waals surface area contributed by atoms with Gasteiger partial charge in [0, 0.05) is 7.05 Å². The summed E-state index contributed by atoms with van der Waals surface area (Å²) in [5, 5.41) is 0. The summed E-state index contributed by atoms with van der Waals surface area (Å²) < 4.78 is 0. The summed E-state index contributed by atoms with van der Waals surface area (Å²) in [4.78, 5) is 14.0. The van der Waals surface area contributed by atoms with Crippen molar-refractivity contribution in [1.29, 1.82) is 0 Å². The number of amides is 1. The van der Waals surface area contributed by atoms with Gasteiger partial charge in [0.2, 0.25) is 5.91 Å². The molecule has 0 saturated carbocycles. The van der Waals surface area contributed by atoms with Gasteiger partial charge >= 0.3 is 0 Å². The fourth-order valence-electron chi connectivity index (χ4n) is 2.99. The van der Waals surface area contributed by atoms with Gasteiger partial charge in [-0.1, -0.05) is 48.5 Å². The van der Waals surface area contributed by atoms with Crippen LogP contribution in [0.1, 0.15) is 24.1 Å². The highest BCUT2D eigenvalue weighted by Crippen LogP contribution is 2.45. The molecule has 1 aliphatic carbocycles. The molecule has 0 aliphatic heterocycles. The monoisotopic (exact) mass is 266 g/mol. The number of likely N-dealkylation sites (N-methyl/N-ethyl adjacent to an activating group) is 1. The van der Waals surface area contributed by atoms with Crippen molar-refractivity contribution in [3.63, 3.8) is 0 Å². The van der Waals surface area contributed by atoms with E-state index in [1.54, 1.807) is 11.8 Å². The smallest absolute Gasteiger partial charge is 0.239 e. The van der Waals surface area contributed by atoms with Crippen molar-refractivity contribution >= 4 is 5.91 Å². The maximum atomic E-state index is 12.3. The van der Waals surface area contributed by atoms with E-state index in [0.29, 0.717) is 0 Å². The summed E-state index contributed by atoms with van der Waals surface area (Å²) in [7, 11) is 1.83. The van der Waals surface area contributed by atoms with Crippen LogP contribution in [0.4, 0.5) is 0 Å². The van der Waals surface area contributed by atoms with Crippen LogP contribution in [0, 0.1) is 0 Å². The SMILES string of the molecule is CC(N)C(=O)N(C)C1c2ccccc2-c2ccccc21. The zero-order valence-corrected chi connectivity index (χ0v) is 11.7. The molecule has 1 atom stereocenters. The highest BCUT2D eigenvalue weighted by molar-refractivity contribution is 5.85. The normalized spacial score (nSPS) is 14.6. The quantitative estimate of drug-likeness (QED) is 0.908. The van der Waals surface area contributed by atoms with Gasteiger partial charge in [-0.2, -0.15) is 0 Å². The minimum atomic E-state index is -0.486. The molecule has 20 heavy (non-hydrogen) atoms. The Bertz CT molecular complexity index is 618. The summed E-state index contributed by atoms with van der Waals surface area (Å²) in [6, 6.07) is 16.0. The molecule has 3 rings (SSSR count). The number of hydrogen-bond donors (Lipinski definition) is 1. The lowest BCUT2D eigenvalue weighted by molar-refractivity contribution is -0.132. The van der Waals surface area contributed by atoms with Crippen LogP contribution in [-0.4, -0.2) is 23.9 Å². The maximum absolute atomic E-state index is 12.3. The second kappa shape index (κ2) is 4.76. The number of carbonyl (C=O) groups excluding carboxylic acids is 1. The fourth-order valence-corrected chi connectivity index (χ4v) is 2.99. The zero-order chi connectivity index (χ0) is 14.3. The van der Waals surface area contributed by atoms with Crippen LogP contribution in [0.2, 0.25) is 0 Å². The first-order valence-corrected chi connectivity index (χ1v) is 6.81. The zero-order valence-electron chi connectivity index (χ0n) is 11.7. The van der Waals surface area contributed by atoms with Gasteiger partial charge < -0.3 is 10.6 Å². The van der Waals surface area contributed by atoms with Gasteiger partial charge in [-0.3, -0.25) is 4.79 Å². The first kappa shape index (κ1) is 12.9. The van der Waals surface area contributed by atoms with E-state index in [4.69, 9.17) is 5.73 Å². The Kier molecular flexibility index (Phi) is 3.07. The second-order valence-electron chi connectivity index (χ2n) is 5.31. The highest BCUT2D eigenvalue weighted by Gasteiger charge is 2.33. The Labute approximate surface area is 119 Å². The molecule has 0 saturated heterocycles. The summed E-state index contributed by atoms with van der Waals surface area (Å²) in [6.07, 6.45) is 0. The number of fused-ring (bicyclic) bond motifs is 3. The van der Waals surface area contributed by atoms with Gasteiger partial charge in [0.15, 0.2) is 0 Å². The van der Waals surface area contributed by atoms with Crippen molar-refractivity contribution in [2.24, 2.45) is 5.73 Å². The fraction of sp³-hybridized carbons (Fsp3) is 0.235. The van der Waals surface area contributed by atoms with Crippen LogP contribution >= 0.6 is 0 Å². The molecule has 0 radical (unpaired) electrons. The summed E-state index contributed by atoms with van der Waals surface area (Å²) in [5.74, 6) is -0.0403. The number of carbonyl (C=O) groups is 1. The number of nitrogens with two attached hydrogens (primary N) is 1. The third kappa shape index (κ3) is 1.82. The molecule has 1 aliphatic rings.